The van der Waals surface area contributed by atoms with Crippen LogP contribution >= 0.6 is 43.5 Å². The van der Waals surface area contributed by atoms with Gasteiger partial charge in [-0.1, -0.05) is 79.9 Å². The van der Waals surface area contributed by atoms with E-state index in [4.69, 9.17) is 11.6 Å². The molecule has 0 fully saturated rings. The maximum Gasteiger partial charge on any atom is 0.0653 e. The van der Waals surface area contributed by atoms with Crippen molar-refractivity contribution in [2.75, 3.05) is 0 Å². The van der Waals surface area contributed by atoms with Crippen LogP contribution in [-0.2, 0) is 0 Å². The Morgan fingerprint density at radius 1 is 0.905 bits per heavy atom. The second kappa shape index (κ2) is 6.12. The maximum atomic E-state index is 6.06. The van der Waals surface area contributed by atoms with E-state index in [1.54, 1.807) is 0 Å². The number of alkyl halides is 1. The number of rotatable bonds is 2. The first-order valence-corrected chi connectivity index (χ1v) is 8.74. The Kier molecular flexibility index (Phi) is 4.39. The fourth-order valence-electron chi connectivity index (χ4n) is 2.60. The summed E-state index contributed by atoms with van der Waals surface area (Å²) >= 11 is 13.5. The molecule has 0 amide bonds. The molecule has 0 saturated carbocycles. The third-order valence-corrected chi connectivity index (χ3v) is 5.60. The third kappa shape index (κ3) is 2.90. The second-order valence-electron chi connectivity index (χ2n) is 5.05. The van der Waals surface area contributed by atoms with Gasteiger partial charge in [0.1, 0.15) is 0 Å². The Morgan fingerprint density at radius 2 is 1.57 bits per heavy atom. The van der Waals surface area contributed by atoms with Crippen LogP contribution in [0.3, 0.4) is 0 Å². The van der Waals surface area contributed by atoms with E-state index in [1.165, 1.54) is 27.5 Å². The van der Waals surface area contributed by atoms with E-state index in [-0.39, 0.29) is 4.83 Å². The van der Waals surface area contributed by atoms with Crippen molar-refractivity contribution in [3.63, 3.8) is 0 Å². The van der Waals surface area contributed by atoms with Crippen molar-refractivity contribution in [1.29, 1.82) is 0 Å². The zero-order valence-corrected chi connectivity index (χ0v) is 15.3. The van der Waals surface area contributed by atoms with Crippen molar-refractivity contribution in [3.8, 4) is 0 Å². The molecule has 0 bridgehead atoms. The van der Waals surface area contributed by atoms with Crippen molar-refractivity contribution in [2.24, 2.45) is 0 Å². The molecule has 21 heavy (non-hydrogen) atoms. The van der Waals surface area contributed by atoms with Crippen LogP contribution in [0.25, 0.3) is 10.8 Å². The highest BCUT2D eigenvalue weighted by Gasteiger charge is 2.16. The van der Waals surface area contributed by atoms with Gasteiger partial charge in [0.15, 0.2) is 0 Å². The minimum atomic E-state index is 0.146. The van der Waals surface area contributed by atoms with Crippen molar-refractivity contribution < 1.29 is 0 Å². The van der Waals surface area contributed by atoms with Crippen LogP contribution in [0, 0.1) is 6.92 Å². The van der Waals surface area contributed by atoms with Gasteiger partial charge in [0.2, 0.25) is 0 Å². The average molecular weight is 425 g/mol. The zero-order chi connectivity index (χ0) is 15.0. The van der Waals surface area contributed by atoms with Crippen LogP contribution in [0.4, 0.5) is 0 Å². The molecule has 0 aromatic heterocycles. The molecular formula is C18H13Br2Cl. The first-order valence-electron chi connectivity index (χ1n) is 6.65. The monoisotopic (exact) mass is 422 g/mol. The lowest BCUT2D eigenvalue weighted by molar-refractivity contribution is 1.16. The number of hydrogen-bond acceptors (Lipinski definition) is 0. The van der Waals surface area contributed by atoms with Crippen LogP contribution in [-0.4, -0.2) is 0 Å². The Hall–Kier alpha value is -0.830. The topological polar surface area (TPSA) is 0 Å². The quantitative estimate of drug-likeness (QED) is 0.387. The number of aryl methyl sites for hydroxylation is 1. The summed E-state index contributed by atoms with van der Waals surface area (Å²) in [5.74, 6) is 0. The smallest absolute Gasteiger partial charge is 0.0653 e. The highest BCUT2D eigenvalue weighted by molar-refractivity contribution is 9.10. The van der Waals surface area contributed by atoms with Gasteiger partial charge in [-0.05, 0) is 52.6 Å². The normalized spacial score (nSPS) is 12.6. The number of hydrogen-bond donors (Lipinski definition) is 0. The molecule has 3 heteroatoms. The van der Waals surface area contributed by atoms with Crippen molar-refractivity contribution >= 4 is 54.2 Å². The molecule has 0 aliphatic rings. The summed E-state index contributed by atoms with van der Waals surface area (Å²) in [6.07, 6.45) is 0. The van der Waals surface area contributed by atoms with Crippen LogP contribution in [0.5, 0.6) is 0 Å². The third-order valence-electron chi connectivity index (χ3n) is 3.68. The van der Waals surface area contributed by atoms with Crippen LogP contribution < -0.4 is 0 Å². The lowest BCUT2D eigenvalue weighted by Crippen LogP contribution is -1.97. The SMILES string of the molecule is Cc1cc(Cl)ccc1C(Br)c1ccc(Br)c2ccccc12. The number of fused-ring (bicyclic) bond motifs is 1. The molecule has 0 aliphatic heterocycles. The van der Waals surface area contributed by atoms with Gasteiger partial charge in [-0.15, -0.1) is 0 Å². The van der Waals surface area contributed by atoms with Gasteiger partial charge in [0.05, 0.1) is 4.83 Å². The fraction of sp³-hybridized carbons (Fsp3) is 0.111. The Labute approximate surface area is 146 Å². The van der Waals surface area contributed by atoms with E-state index in [0.717, 1.165) is 9.50 Å². The largest absolute Gasteiger partial charge is 0.0843 e. The molecule has 0 heterocycles. The van der Waals surface area contributed by atoms with E-state index in [2.05, 4.69) is 81.2 Å². The summed E-state index contributed by atoms with van der Waals surface area (Å²) in [6, 6.07) is 18.8. The first-order chi connectivity index (χ1) is 10.1. The van der Waals surface area contributed by atoms with E-state index >= 15 is 0 Å². The molecule has 0 spiro atoms. The molecule has 1 atom stereocenters. The average Bonchev–Trinajstić information content (AvgIpc) is 2.47. The molecule has 1 unspecified atom stereocenters. The Morgan fingerprint density at radius 3 is 2.29 bits per heavy atom. The van der Waals surface area contributed by atoms with Gasteiger partial charge in [-0.2, -0.15) is 0 Å². The molecule has 0 saturated heterocycles. The number of halogens is 3. The Bertz CT molecular complexity index is 811. The molecule has 0 N–H and O–H groups in total. The van der Waals surface area contributed by atoms with E-state index in [1.807, 2.05) is 12.1 Å². The van der Waals surface area contributed by atoms with Crippen LogP contribution in [0.1, 0.15) is 21.5 Å². The van der Waals surface area contributed by atoms with E-state index in [9.17, 15) is 0 Å². The summed E-state index contributed by atoms with van der Waals surface area (Å²) < 4.78 is 1.12. The van der Waals surface area contributed by atoms with Crippen LogP contribution in [0.2, 0.25) is 5.02 Å². The molecule has 0 radical (unpaired) electrons. The standard InChI is InChI=1S/C18H13Br2Cl/c1-11-10-12(21)6-7-13(11)18(20)16-8-9-17(19)15-5-3-2-4-14(15)16/h2-10,18H,1H3. The molecule has 3 rings (SSSR count). The van der Waals surface area contributed by atoms with Gasteiger partial charge in [-0.25, -0.2) is 0 Å². The predicted molar refractivity (Wildman–Crippen MR) is 98.6 cm³/mol. The summed E-state index contributed by atoms with van der Waals surface area (Å²) in [4.78, 5) is 0.146. The highest BCUT2D eigenvalue weighted by Crippen LogP contribution is 2.39. The fourth-order valence-corrected chi connectivity index (χ4v) is 4.22. The zero-order valence-electron chi connectivity index (χ0n) is 11.4. The van der Waals surface area contributed by atoms with Gasteiger partial charge in [0, 0.05) is 9.50 Å². The summed E-state index contributed by atoms with van der Waals surface area (Å²) in [5, 5.41) is 3.26. The molecule has 0 aliphatic carbocycles. The molecule has 3 aromatic rings. The minimum Gasteiger partial charge on any atom is -0.0843 e. The van der Waals surface area contributed by atoms with Crippen LogP contribution in [0.15, 0.2) is 59.1 Å². The molecular weight excluding hydrogens is 411 g/mol. The van der Waals surface area contributed by atoms with Gasteiger partial charge < -0.3 is 0 Å². The maximum absolute atomic E-state index is 6.06. The van der Waals surface area contributed by atoms with Crippen molar-refractivity contribution in [1.82, 2.24) is 0 Å². The summed E-state index contributed by atoms with van der Waals surface area (Å²) in [5.41, 5.74) is 3.70. The van der Waals surface area contributed by atoms with Gasteiger partial charge in [-0.3, -0.25) is 0 Å². The van der Waals surface area contributed by atoms with Crippen molar-refractivity contribution in [3.05, 3.63) is 80.8 Å². The van der Waals surface area contributed by atoms with Gasteiger partial charge in [0.25, 0.3) is 0 Å². The minimum absolute atomic E-state index is 0.146. The lowest BCUT2D eigenvalue weighted by Gasteiger charge is -2.17. The van der Waals surface area contributed by atoms with E-state index < -0.39 is 0 Å². The molecule has 106 valence electrons. The lowest BCUT2D eigenvalue weighted by atomic mass is 9.96. The summed E-state index contributed by atoms with van der Waals surface area (Å²) in [7, 11) is 0. The molecule has 3 aromatic carbocycles. The van der Waals surface area contributed by atoms with Gasteiger partial charge >= 0.3 is 0 Å². The van der Waals surface area contributed by atoms with Crippen molar-refractivity contribution in [2.45, 2.75) is 11.8 Å². The predicted octanol–water partition coefficient (Wildman–Crippen LogP) is 7.05. The highest BCUT2D eigenvalue weighted by atomic mass is 79.9. The molecule has 0 nitrogen and oxygen atoms in total. The first kappa shape index (κ1) is 15.1. The summed E-state index contributed by atoms with van der Waals surface area (Å²) in [6.45, 7) is 2.09. The second-order valence-corrected chi connectivity index (χ2v) is 7.25. The Balaban J connectivity index is 2.18. The van der Waals surface area contributed by atoms with E-state index in [0.29, 0.717) is 0 Å². The number of benzene rings is 3.